The van der Waals surface area contributed by atoms with Crippen LogP contribution in [0, 0.1) is 12.7 Å². The molecule has 1 atom stereocenters. The third-order valence-corrected chi connectivity index (χ3v) is 4.07. The first-order valence-electron chi connectivity index (χ1n) is 7.29. The van der Waals surface area contributed by atoms with Crippen LogP contribution in [-0.4, -0.2) is 6.54 Å². The van der Waals surface area contributed by atoms with Gasteiger partial charge in [0, 0.05) is 6.04 Å². The number of halogens is 1. The van der Waals surface area contributed by atoms with Crippen molar-refractivity contribution in [3.8, 4) is 0 Å². The maximum atomic E-state index is 13.1. The summed E-state index contributed by atoms with van der Waals surface area (Å²) in [6.07, 6.45) is 3.20. The predicted molar refractivity (Wildman–Crippen MR) is 80.3 cm³/mol. The Hall–Kier alpha value is -1.67. The third-order valence-electron chi connectivity index (χ3n) is 4.07. The maximum Gasteiger partial charge on any atom is 0.123 e. The highest BCUT2D eigenvalue weighted by atomic mass is 19.1. The van der Waals surface area contributed by atoms with Crippen LogP contribution in [0.4, 0.5) is 4.39 Å². The van der Waals surface area contributed by atoms with Crippen molar-refractivity contribution in [3.63, 3.8) is 0 Å². The summed E-state index contributed by atoms with van der Waals surface area (Å²) >= 11 is 0. The predicted octanol–water partition coefficient (Wildman–Crippen LogP) is 3.95. The fourth-order valence-corrected chi connectivity index (χ4v) is 3.02. The zero-order valence-electron chi connectivity index (χ0n) is 11.8. The minimum Gasteiger partial charge on any atom is -0.310 e. The SMILES string of the molecule is Cc1ccc2c(c1)C(NCCc1cccc(F)c1)CC2. The molecule has 0 radical (unpaired) electrons. The van der Waals surface area contributed by atoms with Crippen molar-refractivity contribution in [1.29, 1.82) is 0 Å². The summed E-state index contributed by atoms with van der Waals surface area (Å²) in [4.78, 5) is 0. The van der Waals surface area contributed by atoms with Crippen LogP contribution in [0.3, 0.4) is 0 Å². The molecule has 0 saturated carbocycles. The summed E-state index contributed by atoms with van der Waals surface area (Å²) in [7, 11) is 0. The van der Waals surface area contributed by atoms with Gasteiger partial charge in [-0.2, -0.15) is 0 Å². The molecule has 0 aromatic heterocycles. The third kappa shape index (κ3) is 2.91. The van der Waals surface area contributed by atoms with Crippen LogP contribution in [-0.2, 0) is 12.8 Å². The lowest BCUT2D eigenvalue weighted by molar-refractivity contribution is 0.532. The zero-order valence-corrected chi connectivity index (χ0v) is 11.8. The molecule has 0 spiro atoms. The highest BCUT2D eigenvalue weighted by Crippen LogP contribution is 2.31. The number of rotatable bonds is 4. The normalized spacial score (nSPS) is 17.2. The summed E-state index contributed by atoms with van der Waals surface area (Å²) in [6.45, 7) is 3.03. The molecule has 0 fully saturated rings. The van der Waals surface area contributed by atoms with Gasteiger partial charge >= 0.3 is 0 Å². The second-order valence-corrected chi connectivity index (χ2v) is 5.63. The van der Waals surface area contributed by atoms with E-state index >= 15 is 0 Å². The summed E-state index contributed by atoms with van der Waals surface area (Å²) in [6, 6.07) is 14.1. The van der Waals surface area contributed by atoms with E-state index in [2.05, 4.69) is 30.4 Å². The first kappa shape index (κ1) is 13.3. The monoisotopic (exact) mass is 269 g/mol. The van der Waals surface area contributed by atoms with Crippen LogP contribution in [0.25, 0.3) is 0 Å². The van der Waals surface area contributed by atoms with Crippen LogP contribution >= 0.6 is 0 Å². The largest absolute Gasteiger partial charge is 0.310 e. The second kappa shape index (κ2) is 5.76. The number of nitrogens with one attached hydrogen (secondary N) is 1. The average molecular weight is 269 g/mol. The minimum atomic E-state index is -0.149. The minimum absolute atomic E-state index is 0.149. The highest BCUT2D eigenvalue weighted by molar-refractivity contribution is 5.37. The first-order valence-corrected chi connectivity index (χ1v) is 7.29. The molecule has 20 heavy (non-hydrogen) atoms. The Balaban J connectivity index is 1.59. The van der Waals surface area contributed by atoms with Gasteiger partial charge in [0.15, 0.2) is 0 Å². The molecule has 104 valence electrons. The maximum absolute atomic E-state index is 13.1. The van der Waals surface area contributed by atoms with Crippen LogP contribution in [0.1, 0.15) is 34.7 Å². The van der Waals surface area contributed by atoms with Crippen molar-refractivity contribution in [1.82, 2.24) is 5.32 Å². The Morgan fingerprint density at radius 3 is 2.95 bits per heavy atom. The molecule has 2 aromatic carbocycles. The molecular weight excluding hydrogens is 249 g/mol. The van der Waals surface area contributed by atoms with E-state index in [0.29, 0.717) is 6.04 Å². The number of fused-ring (bicyclic) bond motifs is 1. The van der Waals surface area contributed by atoms with Crippen molar-refractivity contribution in [2.75, 3.05) is 6.54 Å². The van der Waals surface area contributed by atoms with Crippen LogP contribution in [0.15, 0.2) is 42.5 Å². The lowest BCUT2D eigenvalue weighted by atomic mass is 10.0. The standard InChI is InChI=1S/C18H20FN/c1-13-5-6-15-7-8-18(17(15)11-13)20-10-9-14-3-2-4-16(19)12-14/h2-6,11-12,18,20H,7-10H2,1H3. The van der Waals surface area contributed by atoms with Gasteiger partial charge in [-0.1, -0.05) is 35.9 Å². The molecule has 0 saturated heterocycles. The van der Waals surface area contributed by atoms with Crippen molar-refractivity contribution in [3.05, 3.63) is 70.5 Å². The Morgan fingerprint density at radius 2 is 2.10 bits per heavy atom. The quantitative estimate of drug-likeness (QED) is 0.886. The van der Waals surface area contributed by atoms with E-state index in [9.17, 15) is 4.39 Å². The number of benzene rings is 2. The molecule has 1 aliphatic rings. The fourth-order valence-electron chi connectivity index (χ4n) is 3.02. The van der Waals surface area contributed by atoms with E-state index in [1.165, 1.54) is 29.2 Å². The van der Waals surface area contributed by atoms with Crippen molar-refractivity contribution in [2.45, 2.75) is 32.2 Å². The van der Waals surface area contributed by atoms with Crippen molar-refractivity contribution < 1.29 is 4.39 Å². The molecule has 0 heterocycles. The summed E-state index contributed by atoms with van der Waals surface area (Å²) in [5.74, 6) is -0.149. The van der Waals surface area contributed by atoms with Gasteiger partial charge in [-0.05, 0) is 61.6 Å². The van der Waals surface area contributed by atoms with E-state index in [1.807, 2.05) is 6.07 Å². The Bertz CT molecular complexity index is 606. The Labute approximate surface area is 119 Å². The van der Waals surface area contributed by atoms with Crippen LogP contribution in [0.5, 0.6) is 0 Å². The van der Waals surface area contributed by atoms with Crippen molar-refractivity contribution in [2.24, 2.45) is 0 Å². The summed E-state index contributed by atoms with van der Waals surface area (Å²) in [5, 5.41) is 3.61. The Kier molecular flexibility index (Phi) is 3.83. The van der Waals surface area contributed by atoms with Gasteiger partial charge < -0.3 is 5.32 Å². The first-order chi connectivity index (χ1) is 9.72. The highest BCUT2D eigenvalue weighted by Gasteiger charge is 2.21. The topological polar surface area (TPSA) is 12.0 Å². The lowest BCUT2D eigenvalue weighted by Crippen LogP contribution is -2.22. The number of hydrogen-bond donors (Lipinski definition) is 1. The van der Waals surface area contributed by atoms with Gasteiger partial charge in [0.2, 0.25) is 0 Å². The molecular formula is C18H20FN. The van der Waals surface area contributed by atoms with Gasteiger partial charge in [-0.3, -0.25) is 0 Å². The molecule has 1 N–H and O–H groups in total. The molecule has 1 nitrogen and oxygen atoms in total. The molecule has 0 bridgehead atoms. The van der Waals surface area contributed by atoms with Gasteiger partial charge in [0.1, 0.15) is 5.82 Å². The molecule has 1 unspecified atom stereocenters. The van der Waals surface area contributed by atoms with Gasteiger partial charge in [-0.15, -0.1) is 0 Å². The zero-order chi connectivity index (χ0) is 13.9. The van der Waals surface area contributed by atoms with E-state index in [0.717, 1.165) is 24.9 Å². The van der Waals surface area contributed by atoms with Gasteiger partial charge in [0.05, 0.1) is 0 Å². The van der Waals surface area contributed by atoms with E-state index in [-0.39, 0.29) is 5.82 Å². The lowest BCUT2D eigenvalue weighted by Gasteiger charge is -2.14. The molecule has 0 amide bonds. The van der Waals surface area contributed by atoms with Crippen molar-refractivity contribution >= 4 is 0 Å². The molecule has 2 aromatic rings. The fraction of sp³-hybridized carbons (Fsp3) is 0.333. The molecule has 1 aliphatic carbocycles. The van der Waals surface area contributed by atoms with Gasteiger partial charge in [-0.25, -0.2) is 4.39 Å². The van der Waals surface area contributed by atoms with Crippen LogP contribution in [0.2, 0.25) is 0 Å². The summed E-state index contributed by atoms with van der Waals surface area (Å²) < 4.78 is 13.1. The van der Waals surface area contributed by atoms with E-state index < -0.39 is 0 Å². The molecule has 2 heteroatoms. The summed E-state index contributed by atoms with van der Waals surface area (Å²) in [5.41, 5.74) is 5.30. The number of aryl methyl sites for hydroxylation is 2. The molecule has 3 rings (SSSR count). The van der Waals surface area contributed by atoms with Crippen LogP contribution < -0.4 is 5.32 Å². The second-order valence-electron chi connectivity index (χ2n) is 5.63. The van der Waals surface area contributed by atoms with E-state index in [1.54, 1.807) is 12.1 Å². The average Bonchev–Trinajstić information content (AvgIpc) is 2.82. The number of hydrogen-bond acceptors (Lipinski definition) is 1. The molecule has 0 aliphatic heterocycles. The van der Waals surface area contributed by atoms with E-state index in [4.69, 9.17) is 0 Å². The smallest absolute Gasteiger partial charge is 0.123 e. The van der Waals surface area contributed by atoms with Gasteiger partial charge in [0.25, 0.3) is 0 Å². The Morgan fingerprint density at radius 1 is 1.20 bits per heavy atom.